The summed E-state index contributed by atoms with van der Waals surface area (Å²) in [7, 11) is -3.70. The number of fused-ring (bicyclic) bond motifs is 1. The van der Waals surface area contributed by atoms with Crippen LogP contribution in [0.4, 0.5) is 10.8 Å². The van der Waals surface area contributed by atoms with Crippen LogP contribution in [0.3, 0.4) is 0 Å². The first kappa shape index (κ1) is 20.2. The van der Waals surface area contributed by atoms with Crippen molar-refractivity contribution in [3.63, 3.8) is 0 Å². The number of benzene rings is 2. The number of ether oxygens (including phenoxy) is 2. The van der Waals surface area contributed by atoms with Crippen molar-refractivity contribution in [3.05, 3.63) is 59.1 Å². The van der Waals surface area contributed by atoms with Crippen LogP contribution in [0.25, 0.3) is 0 Å². The van der Waals surface area contributed by atoms with E-state index in [1.54, 1.807) is 47.8 Å². The van der Waals surface area contributed by atoms with Crippen molar-refractivity contribution in [1.29, 1.82) is 0 Å². The van der Waals surface area contributed by atoms with Crippen LogP contribution in [0.2, 0.25) is 0 Å². The van der Waals surface area contributed by atoms with Gasteiger partial charge in [0.15, 0.2) is 16.6 Å². The summed E-state index contributed by atoms with van der Waals surface area (Å²) in [6, 6.07) is 11.8. The average molecular weight is 446 g/mol. The van der Waals surface area contributed by atoms with Crippen LogP contribution in [-0.2, 0) is 21.2 Å². The molecule has 0 saturated carbocycles. The van der Waals surface area contributed by atoms with E-state index in [-0.39, 0.29) is 29.1 Å². The fourth-order valence-electron chi connectivity index (χ4n) is 2.80. The Kier molecular flexibility index (Phi) is 5.60. The number of rotatable bonds is 7. The van der Waals surface area contributed by atoms with Crippen molar-refractivity contribution in [2.75, 3.05) is 16.8 Å². The number of aromatic nitrogens is 1. The van der Waals surface area contributed by atoms with E-state index in [0.29, 0.717) is 29.3 Å². The Morgan fingerprint density at radius 2 is 1.90 bits per heavy atom. The van der Waals surface area contributed by atoms with E-state index in [1.165, 1.54) is 11.3 Å². The summed E-state index contributed by atoms with van der Waals surface area (Å²) in [6.07, 6.45) is 0.599. The molecule has 30 heavy (non-hydrogen) atoms. The van der Waals surface area contributed by atoms with Crippen LogP contribution < -0.4 is 19.5 Å². The monoisotopic (exact) mass is 445 g/mol. The number of nitrogens with zero attached hydrogens (tertiary/aromatic N) is 1. The van der Waals surface area contributed by atoms with E-state index in [0.717, 1.165) is 5.56 Å². The van der Waals surface area contributed by atoms with Crippen LogP contribution in [0, 0.1) is 6.92 Å². The van der Waals surface area contributed by atoms with E-state index in [2.05, 4.69) is 15.0 Å². The van der Waals surface area contributed by atoms with Gasteiger partial charge in [-0.05, 0) is 37.6 Å². The van der Waals surface area contributed by atoms with Gasteiger partial charge in [0.25, 0.3) is 10.0 Å². The molecule has 0 radical (unpaired) electrons. The lowest BCUT2D eigenvalue weighted by molar-refractivity contribution is -0.116. The fourth-order valence-corrected chi connectivity index (χ4v) is 4.80. The molecular formula is C20H19N3O5S2. The molecule has 2 heterocycles. The van der Waals surface area contributed by atoms with Crippen molar-refractivity contribution in [2.45, 2.75) is 24.7 Å². The summed E-state index contributed by atoms with van der Waals surface area (Å²) in [4.78, 5) is 16.7. The number of anilines is 2. The number of aryl methyl sites for hydroxylation is 2. The number of carbonyl (C=O) groups excluding carboxylic acids is 1. The highest BCUT2D eigenvalue weighted by Gasteiger charge is 2.17. The highest BCUT2D eigenvalue weighted by atomic mass is 32.2. The van der Waals surface area contributed by atoms with Gasteiger partial charge in [-0.25, -0.2) is 13.4 Å². The number of nitrogens with one attached hydrogen (secondary N) is 2. The Morgan fingerprint density at radius 1 is 1.13 bits per heavy atom. The van der Waals surface area contributed by atoms with Crippen molar-refractivity contribution in [3.8, 4) is 11.5 Å². The highest BCUT2D eigenvalue weighted by molar-refractivity contribution is 7.93. The first-order chi connectivity index (χ1) is 14.4. The first-order valence-electron chi connectivity index (χ1n) is 9.12. The van der Waals surface area contributed by atoms with E-state index in [9.17, 15) is 13.2 Å². The number of sulfonamides is 1. The number of amides is 1. The smallest absolute Gasteiger partial charge is 0.263 e. The Labute approximate surface area is 177 Å². The molecule has 1 aromatic heterocycles. The van der Waals surface area contributed by atoms with Gasteiger partial charge in [-0.3, -0.25) is 9.52 Å². The minimum absolute atomic E-state index is 0.173. The van der Waals surface area contributed by atoms with Gasteiger partial charge < -0.3 is 14.8 Å². The molecule has 0 atom stereocenters. The number of hydrogen-bond donors (Lipinski definition) is 2. The van der Waals surface area contributed by atoms with Crippen LogP contribution in [0.15, 0.2) is 52.7 Å². The predicted octanol–water partition coefficient (Wildman–Crippen LogP) is 3.55. The maximum atomic E-state index is 12.4. The highest BCUT2D eigenvalue weighted by Crippen LogP contribution is 2.34. The molecule has 2 aromatic carbocycles. The molecule has 8 nitrogen and oxygen atoms in total. The molecule has 1 aliphatic rings. The molecule has 0 aliphatic carbocycles. The van der Waals surface area contributed by atoms with Crippen molar-refractivity contribution < 1.29 is 22.7 Å². The molecule has 0 fully saturated rings. The lowest BCUT2D eigenvalue weighted by atomic mass is 10.2. The van der Waals surface area contributed by atoms with Gasteiger partial charge in [0, 0.05) is 23.6 Å². The standard InChI is InChI=1S/C20H19N3O5S2/c1-13-2-6-16(7-3-13)30(25,26)23-20-22-15(11-29-20)5-9-19(24)21-14-4-8-17-18(10-14)28-12-27-17/h2-4,6-8,10-11H,5,9,12H2,1H3,(H,21,24)(H,22,23). The second-order valence-corrected chi connectivity index (χ2v) is 9.22. The molecule has 1 amide bonds. The zero-order valence-corrected chi connectivity index (χ0v) is 17.7. The maximum absolute atomic E-state index is 12.4. The zero-order valence-electron chi connectivity index (χ0n) is 16.0. The second-order valence-electron chi connectivity index (χ2n) is 6.68. The van der Waals surface area contributed by atoms with Crippen LogP contribution in [0.5, 0.6) is 11.5 Å². The van der Waals surface area contributed by atoms with Gasteiger partial charge in [0.1, 0.15) is 0 Å². The summed E-state index contributed by atoms with van der Waals surface area (Å²) in [6.45, 7) is 2.06. The van der Waals surface area contributed by atoms with Gasteiger partial charge >= 0.3 is 0 Å². The fraction of sp³-hybridized carbons (Fsp3) is 0.200. The molecule has 1 aliphatic heterocycles. The lowest BCUT2D eigenvalue weighted by Crippen LogP contribution is -2.13. The van der Waals surface area contributed by atoms with Crippen molar-refractivity contribution >= 4 is 38.1 Å². The molecule has 0 bridgehead atoms. The topological polar surface area (TPSA) is 107 Å². The third-order valence-corrected chi connectivity index (χ3v) is 6.66. The summed E-state index contributed by atoms with van der Waals surface area (Å²) >= 11 is 1.18. The van der Waals surface area contributed by atoms with Gasteiger partial charge in [0.2, 0.25) is 12.7 Å². The summed E-state index contributed by atoms with van der Waals surface area (Å²) in [5, 5.41) is 4.81. The van der Waals surface area contributed by atoms with Crippen LogP contribution in [-0.4, -0.2) is 26.1 Å². The van der Waals surface area contributed by atoms with Gasteiger partial charge in [0.05, 0.1) is 10.6 Å². The summed E-state index contributed by atoms with van der Waals surface area (Å²) in [5.74, 6) is 1.07. The second kappa shape index (κ2) is 8.33. The minimum atomic E-state index is -3.70. The number of thiazole rings is 1. The van der Waals surface area contributed by atoms with Crippen molar-refractivity contribution in [1.82, 2.24) is 4.98 Å². The molecule has 0 spiro atoms. The Hall–Kier alpha value is -3.11. The predicted molar refractivity (Wildman–Crippen MR) is 114 cm³/mol. The zero-order chi connectivity index (χ0) is 21.1. The molecule has 2 N–H and O–H groups in total. The molecule has 3 aromatic rings. The Bertz CT molecular complexity index is 1170. The SMILES string of the molecule is Cc1ccc(S(=O)(=O)Nc2nc(CCC(=O)Nc3ccc4c(c3)OCO4)cs2)cc1. The third kappa shape index (κ3) is 4.71. The normalized spacial score (nSPS) is 12.6. The Morgan fingerprint density at radius 3 is 2.70 bits per heavy atom. The van der Waals surface area contributed by atoms with Gasteiger partial charge in [-0.15, -0.1) is 11.3 Å². The van der Waals surface area contributed by atoms with E-state index in [1.807, 2.05) is 6.92 Å². The third-order valence-electron chi connectivity index (χ3n) is 4.37. The van der Waals surface area contributed by atoms with Crippen LogP contribution in [0.1, 0.15) is 17.7 Å². The summed E-state index contributed by atoms with van der Waals surface area (Å²) in [5.41, 5.74) is 2.24. The lowest BCUT2D eigenvalue weighted by Gasteiger charge is -2.06. The van der Waals surface area contributed by atoms with Gasteiger partial charge in [-0.1, -0.05) is 17.7 Å². The van der Waals surface area contributed by atoms with Crippen molar-refractivity contribution in [2.24, 2.45) is 0 Å². The number of carbonyl (C=O) groups is 1. The molecule has 0 saturated heterocycles. The largest absolute Gasteiger partial charge is 0.454 e. The summed E-state index contributed by atoms with van der Waals surface area (Å²) < 4.78 is 37.9. The maximum Gasteiger partial charge on any atom is 0.263 e. The molecular weight excluding hydrogens is 426 g/mol. The van der Waals surface area contributed by atoms with E-state index in [4.69, 9.17) is 9.47 Å². The molecule has 156 valence electrons. The van der Waals surface area contributed by atoms with E-state index < -0.39 is 10.0 Å². The van der Waals surface area contributed by atoms with Gasteiger partial charge in [-0.2, -0.15) is 0 Å². The number of hydrogen-bond acceptors (Lipinski definition) is 7. The average Bonchev–Trinajstić information content (AvgIpc) is 3.35. The van der Waals surface area contributed by atoms with E-state index >= 15 is 0 Å². The Balaban J connectivity index is 1.32. The molecule has 10 heteroatoms. The minimum Gasteiger partial charge on any atom is -0.454 e. The molecule has 0 unspecified atom stereocenters. The quantitative estimate of drug-likeness (QED) is 0.576. The van der Waals surface area contributed by atoms with Crippen LogP contribution >= 0.6 is 11.3 Å². The first-order valence-corrected chi connectivity index (χ1v) is 11.5. The molecule has 4 rings (SSSR count).